The van der Waals surface area contributed by atoms with Gasteiger partial charge in [0.05, 0.1) is 30.6 Å². The number of aromatic amines is 1. The molecule has 0 aliphatic carbocycles. The monoisotopic (exact) mass is 535 g/mol. The van der Waals surface area contributed by atoms with Crippen LogP contribution in [0.3, 0.4) is 0 Å². The standard InChI is InChI=1S/C29H28F3N5O2/c30-25-11-20(4-1-19-2-5-21(6-3-19)16-37-10-9-22(13-33)17-37)7-8-24(25)23(14-34-15-27(31)32)12-26-28(38)29(39)36-18-35-26/h2-3,5-8,11,18,22-23,27,34,38H,9-10,12,14-17H2,(H,35,36,39). The van der Waals surface area contributed by atoms with Crippen LogP contribution in [-0.2, 0) is 13.0 Å². The molecule has 1 saturated heterocycles. The fraction of sp³-hybridized carbons (Fsp3) is 0.345. The first-order valence-corrected chi connectivity index (χ1v) is 12.6. The molecule has 39 heavy (non-hydrogen) atoms. The molecule has 1 fully saturated rings. The minimum absolute atomic E-state index is 0.0127. The number of hydrogen-bond acceptors (Lipinski definition) is 6. The molecule has 7 nitrogen and oxygen atoms in total. The van der Waals surface area contributed by atoms with E-state index in [0.29, 0.717) is 5.56 Å². The molecule has 0 saturated carbocycles. The number of benzene rings is 2. The predicted molar refractivity (Wildman–Crippen MR) is 140 cm³/mol. The third kappa shape index (κ3) is 7.70. The number of rotatable bonds is 9. The van der Waals surface area contributed by atoms with Crippen molar-refractivity contribution in [2.75, 3.05) is 26.2 Å². The van der Waals surface area contributed by atoms with E-state index in [2.05, 4.69) is 38.1 Å². The molecule has 3 aromatic rings. The molecular weight excluding hydrogens is 507 g/mol. The van der Waals surface area contributed by atoms with Gasteiger partial charge in [-0.15, -0.1) is 0 Å². The SMILES string of the molecule is N#CC1CCN(Cc2ccc(C#Cc3ccc(C(CNCC(F)F)Cc4nc[nH]c(=O)c4O)c(F)c3)cc2)C1. The molecule has 0 radical (unpaired) electrons. The zero-order chi connectivity index (χ0) is 27.8. The quantitative estimate of drug-likeness (QED) is 0.362. The van der Waals surface area contributed by atoms with Crippen molar-refractivity contribution in [2.45, 2.75) is 31.7 Å². The number of alkyl halides is 2. The second-order valence-electron chi connectivity index (χ2n) is 9.51. The first-order valence-electron chi connectivity index (χ1n) is 12.6. The number of likely N-dealkylation sites (tertiary alicyclic amines) is 1. The van der Waals surface area contributed by atoms with Crippen molar-refractivity contribution in [3.8, 4) is 23.7 Å². The van der Waals surface area contributed by atoms with Gasteiger partial charge >= 0.3 is 0 Å². The van der Waals surface area contributed by atoms with Crippen LogP contribution in [0.4, 0.5) is 13.2 Å². The van der Waals surface area contributed by atoms with E-state index in [1.807, 2.05) is 24.3 Å². The lowest BCUT2D eigenvalue weighted by Crippen LogP contribution is -2.28. The van der Waals surface area contributed by atoms with E-state index in [1.165, 1.54) is 12.1 Å². The van der Waals surface area contributed by atoms with E-state index in [-0.39, 0.29) is 30.1 Å². The lowest BCUT2D eigenvalue weighted by atomic mass is 9.92. The van der Waals surface area contributed by atoms with Gasteiger partial charge in [-0.3, -0.25) is 9.69 Å². The first-order chi connectivity index (χ1) is 18.8. The first kappa shape index (κ1) is 27.9. The smallest absolute Gasteiger partial charge is 0.293 e. The molecule has 2 heterocycles. The maximum atomic E-state index is 15.2. The molecule has 0 bridgehead atoms. The Balaban J connectivity index is 1.46. The van der Waals surface area contributed by atoms with Gasteiger partial charge in [0, 0.05) is 43.1 Å². The Morgan fingerprint density at radius 3 is 2.59 bits per heavy atom. The minimum atomic E-state index is -2.58. The maximum absolute atomic E-state index is 15.2. The molecule has 3 N–H and O–H groups in total. The van der Waals surface area contributed by atoms with Gasteiger partial charge < -0.3 is 15.4 Å². The fourth-order valence-electron chi connectivity index (χ4n) is 4.58. The molecule has 202 valence electrons. The van der Waals surface area contributed by atoms with Gasteiger partial charge in [-0.25, -0.2) is 18.2 Å². The van der Waals surface area contributed by atoms with Gasteiger partial charge in [0.2, 0.25) is 5.75 Å². The van der Waals surface area contributed by atoms with Crippen LogP contribution in [0.2, 0.25) is 0 Å². The van der Waals surface area contributed by atoms with Crippen molar-refractivity contribution in [3.63, 3.8) is 0 Å². The topological polar surface area (TPSA) is 105 Å². The van der Waals surface area contributed by atoms with Crippen LogP contribution < -0.4 is 10.9 Å². The van der Waals surface area contributed by atoms with Gasteiger partial charge in [0.25, 0.3) is 12.0 Å². The zero-order valence-electron chi connectivity index (χ0n) is 21.1. The van der Waals surface area contributed by atoms with Crippen molar-refractivity contribution < 1.29 is 18.3 Å². The molecule has 2 unspecified atom stereocenters. The van der Waals surface area contributed by atoms with E-state index >= 15 is 4.39 Å². The van der Waals surface area contributed by atoms with Crippen molar-refractivity contribution in [2.24, 2.45) is 5.92 Å². The Kier molecular flexibility index (Phi) is 9.37. The van der Waals surface area contributed by atoms with E-state index in [9.17, 15) is 18.7 Å². The molecule has 1 aromatic heterocycles. The highest BCUT2D eigenvalue weighted by molar-refractivity contribution is 5.45. The summed E-state index contributed by atoms with van der Waals surface area (Å²) in [5.74, 6) is 4.24. The number of aromatic nitrogens is 2. The molecular formula is C29H28F3N5O2. The zero-order valence-corrected chi connectivity index (χ0v) is 21.1. The van der Waals surface area contributed by atoms with Gasteiger partial charge in [0.15, 0.2) is 0 Å². The number of nitrogens with one attached hydrogen (secondary N) is 2. The summed E-state index contributed by atoms with van der Waals surface area (Å²) in [5, 5.41) is 21.7. The van der Waals surface area contributed by atoms with Crippen LogP contribution in [0.1, 0.15) is 40.3 Å². The Hall–Kier alpha value is -4.12. The molecule has 2 atom stereocenters. The Morgan fingerprint density at radius 2 is 1.90 bits per heavy atom. The summed E-state index contributed by atoms with van der Waals surface area (Å²) >= 11 is 0. The van der Waals surface area contributed by atoms with Gasteiger partial charge in [0.1, 0.15) is 5.82 Å². The Morgan fingerprint density at radius 1 is 1.15 bits per heavy atom. The number of hydrogen-bond donors (Lipinski definition) is 3. The van der Waals surface area contributed by atoms with E-state index in [0.717, 1.165) is 43.5 Å². The second kappa shape index (κ2) is 13.1. The van der Waals surface area contributed by atoms with E-state index in [1.54, 1.807) is 6.07 Å². The third-order valence-electron chi connectivity index (χ3n) is 6.64. The highest BCUT2D eigenvalue weighted by atomic mass is 19.3. The van der Waals surface area contributed by atoms with Crippen molar-refractivity contribution in [3.05, 3.63) is 92.9 Å². The van der Waals surface area contributed by atoms with Crippen LogP contribution in [0.25, 0.3) is 0 Å². The number of nitrogens with zero attached hydrogens (tertiary/aromatic N) is 3. The normalized spacial score (nSPS) is 16.0. The average molecular weight is 536 g/mol. The summed E-state index contributed by atoms with van der Waals surface area (Å²) in [4.78, 5) is 20.2. The van der Waals surface area contributed by atoms with Crippen molar-refractivity contribution >= 4 is 0 Å². The van der Waals surface area contributed by atoms with Crippen LogP contribution in [0, 0.1) is 34.9 Å². The molecule has 2 aromatic carbocycles. The summed E-state index contributed by atoms with van der Waals surface area (Å²) < 4.78 is 40.5. The van der Waals surface area contributed by atoms with Gasteiger partial charge in [-0.2, -0.15) is 5.26 Å². The number of nitriles is 1. The lowest BCUT2D eigenvalue weighted by molar-refractivity contribution is 0.145. The van der Waals surface area contributed by atoms with Gasteiger partial charge in [-0.05, 0) is 48.4 Å². The van der Waals surface area contributed by atoms with E-state index < -0.39 is 36.0 Å². The molecule has 0 spiro atoms. The molecule has 0 amide bonds. The second-order valence-corrected chi connectivity index (χ2v) is 9.51. The summed E-state index contributed by atoms with van der Waals surface area (Å²) in [6.45, 7) is 1.88. The van der Waals surface area contributed by atoms with Crippen LogP contribution in [0.15, 0.2) is 53.6 Å². The summed E-state index contributed by atoms with van der Waals surface area (Å²) in [5.41, 5.74) is 1.88. The van der Waals surface area contributed by atoms with E-state index in [4.69, 9.17) is 5.26 Å². The number of aromatic hydroxyl groups is 1. The average Bonchev–Trinajstić information content (AvgIpc) is 3.38. The summed E-state index contributed by atoms with van der Waals surface area (Å²) in [7, 11) is 0. The highest BCUT2D eigenvalue weighted by Crippen LogP contribution is 2.25. The fourth-order valence-corrected chi connectivity index (χ4v) is 4.58. The molecule has 10 heteroatoms. The molecule has 4 rings (SSSR count). The third-order valence-corrected chi connectivity index (χ3v) is 6.64. The molecule has 1 aliphatic rings. The summed E-state index contributed by atoms with van der Waals surface area (Å²) in [6.07, 6.45) is -0.591. The number of H-pyrrole nitrogens is 1. The van der Waals surface area contributed by atoms with Crippen LogP contribution in [-0.4, -0.2) is 52.6 Å². The van der Waals surface area contributed by atoms with Crippen LogP contribution in [0.5, 0.6) is 5.75 Å². The van der Waals surface area contributed by atoms with Crippen molar-refractivity contribution in [1.82, 2.24) is 20.2 Å². The largest absolute Gasteiger partial charge is 0.502 e. The summed E-state index contributed by atoms with van der Waals surface area (Å²) in [6, 6.07) is 14.6. The lowest BCUT2D eigenvalue weighted by Gasteiger charge is -2.19. The van der Waals surface area contributed by atoms with Crippen molar-refractivity contribution in [1.29, 1.82) is 5.26 Å². The Labute approximate surface area is 224 Å². The predicted octanol–water partition coefficient (Wildman–Crippen LogP) is 3.54. The molecule has 1 aliphatic heterocycles. The Bertz CT molecular complexity index is 1440. The minimum Gasteiger partial charge on any atom is -0.502 e. The maximum Gasteiger partial charge on any atom is 0.293 e. The number of halogens is 3. The van der Waals surface area contributed by atoms with Gasteiger partial charge in [-0.1, -0.05) is 30.0 Å². The highest BCUT2D eigenvalue weighted by Gasteiger charge is 2.22. The van der Waals surface area contributed by atoms with Crippen LogP contribution >= 0.6 is 0 Å².